The average molecular weight is 205 g/mol. The maximum atomic E-state index is 11.0. The molecule has 0 heterocycles. The van der Waals surface area contributed by atoms with E-state index < -0.39 is 0 Å². The van der Waals surface area contributed by atoms with Crippen LogP contribution in [0.3, 0.4) is 0 Å². The van der Waals surface area contributed by atoms with Gasteiger partial charge in [-0.1, -0.05) is 12.1 Å². The van der Waals surface area contributed by atoms with E-state index in [-0.39, 0.29) is 12.0 Å². The summed E-state index contributed by atoms with van der Waals surface area (Å²) in [5.41, 5.74) is 3.18. The molecule has 1 amide bonds. The molecule has 3 nitrogen and oxygen atoms in total. The predicted octanol–water partition coefficient (Wildman–Crippen LogP) is 1.49. The van der Waals surface area contributed by atoms with Crippen LogP contribution in [-0.4, -0.2) is 17.1 Å². The highest BCUT2D eigenvalue weighted by Gasteiger charge is 2.19. The Kier molecular flexibility index (Phi) is 2.73. The fraction of sp³-hybridized carbons (Fsp3) is 0.417. The van der Waals surface area contributed by atoms with E-state index in [9.17, 15) is 9.90 Å². The zero-order valence-electron chi connectivity index (χ0n) is 8.79. The highest BCUT2D eigenvalue weighted by atomic mass is 16.3. The van der Waals surface area contributed by atoms with Gasteiger partial charge in [-0.05, 0) is 30.0 Å². The number of aryl methyl sites for hydroxylation is 1. The Bertz CT molecular complexity index is 387. The number of amides is 1. The lowest BCUT2D eigenvalue weighted by Gasteiger charge is -2.23. The number of rotatable bonds is 1. The smallest absolute Gasteiger partial charge is 0.221 e. The third-order valence-electron chi connectivity index (χ3n) is 2.77. The minimum Gasteiger partial charge on any atom is -0.393 e. The van der Waals surface area contributed by atoms with Gasteiger partial charge in [0.05, 0.1) is 6.10 Å². The molecular formula is C12H15NO2. The standard InChI is InChI=1S/C12H15NO2/c1-8(14)13-12-4-2-3-9-5-6-10(15)7-11(9)12/h2-4,10,15H,5-7H2,1H3,(H,13,14). The highest BCUT2D eigenvalue weighted by molar-refractivity contribution is 5.89. The first-order valence-electron chi connectivity index (χ1n) is 5.23. The molecule has 2 N–H and O–H groups in total. The van der Waals surface area contributed by atoms with Gasteiger partial charge in [0.25, 0.3) is 0 Å². The SMILES string of the molecule is CC(=O)Nc1cccc2c1CC(O)CC2. The molecule has 0 saturated carbocycles. The molecule has 1 atom stereocenters. The van der Waals surface area contributed by atoms with E-state index in [4.69, 9.17) is 0 Å². The number of nitrogens with one attached hydrogen (secondary N) is 1. The molecule has 0 spiro atoms. The molecule has 1 aliphatic rings. The van der Waals surface area contributed by atoms with E-state index >= 15 is 0 Å². The van der Waals surface area contributed by atoms with E-state index in [1.807, 2.05) is 12.1 Å². The number of aliphatic hydroxyl groups excluding tert-OH is 1. The van der Waals surface area contributed by atoms with Crippen LogP contribution in [0.5, 0.6) is 0 Å². The molecule has 80 valence electrons. The Morgan fingerprint density at radius 3 is 3.07 bits per heavy atom. The maximum absolute atomic E-state index is 11.0. The lowest BCUT2D eigenvalue weighted by Crippen LogP contribution is -2.21. The van der Waals surface area contributed by atoms with E-state index in [0.717, 1.165) is 24.1 Å². The van der Waals surface area contributed by atoms with Crippen LogP contribution in [0.1, 0.15) is 24.5 Å². The molecule has 1 aromatic rings. The van der Waals surface area contributed by atoms with Crippen molar-refractivity contribution in [1.29, 1.82) is 0 Å². The molecule has 1 unspecified atom stereocenters. The number of carbonyl (C=O) groups is 1. The number of fused-ring (bicyclic) bond motifs is 1. The van der Waals surface area contributed by atoms with Crippen LogP contribution in [0.15, 0.2) is 18.2 Å². The van der Waals surface area contributed by atoms with Crippen molar-refractivity contribution >= 4 is 11.6 Å². The van der Waals surface area contributed by atoms with Crippen LogP contribution >= 0.6 is 0 Å². The van der Waals surface area contributed by atoms with Gasteiger partial charge < -0.3 is 10.4 Å². The first-order valence-corrected chi connectivity index (χ1v) is 5.23. The van der Waals surface area contributed by atoms with Crippen molar-refractivity contribution in [3.8, 4) is 0 Å². The van der Waals surface area contributed by atoms with E-state index in [0.29, 0.717) is 6.42 Å². The molecular weight excluding hydrogens is 190 g/mol. The van der Waals surface area contributed by atoms with Gasteiger partial charge in [-0.3, -0.25) is 4.79 Å². The molecule has 0 saturated heterocycles. The van der Waals surface area contributed by atoms with Gasteiger partial charge in [-0.25, -0.2) is 0 Å². The normalized spacial score (nSPS) is 19.5. The minimum absolute atomic E-state index is 0.0662. The van der Waals surface area contributed by atoms with Gasteiger partial charge in [-0.2, -0.15) is 0 Å². The van der Waals surface area contributed by atoms with Crippen molar-refractivity contribution < 1.29 is 9.90 Å². The lowest BCUT2D eigenvalue weighted by atomic mass is 9.88. The Morgan fingerprint density at radius 2 is 2.33 bits per heavy atom. The van der Waals surface area contributed by atoms with Gasteiger partial charge in [0, 0.05) is 19.0 Å². The first kappa shape index (κ1) is 10.2. The third-order valence-corrected chi connectivity index (χ3v) is 2.77. The largest absolute Gasteiger partial charge is 0.393 e. The van der Waals surface area contributed by atoms with Crippen molar-refractivity contribution in [2.75, 3.05) is 5.32 Å². The minimum atomic E-state index is -0.271. The summed E-state index contributed by atoms with van der Waals surface area (Å²) >= 11 is 0. The average Bonchev–Trinajstić information content (AvgIpc) is 2.18. The molecule has 0 aromatic heterocycles. The molecule has 3 heteroatoms. The number of carbonyl (C=O) groups excluding carboxylic acids is 1. The van der Waals surface area contributed by atoms with E-state index in [1.165, 1.54) is 12.5 Å². The van der Waals surface area contributed by atoms with Gasteiger partial charge in [0.1, 0.15) is 0 Å². The van der Waals surface area contributed by atoms with Gasteiger partial charge in [0.15, 0.2) is 0 Å². The van der Waals surface area contributed by atoms with Crippen LogP contribution in [0, 0.1) is 0 Å². The fourth-order valence-electron chi connectivity index (χ4n) is 2.08. The zero-order valence-corrected chi connectivity index (χ0v) is 8.79. The summed E-state index contributed by atoms with van der Waals surface area (Å²) in [7, 11) is 0. The summed E-state index contributed by atoms with van der Waals surface area (Å²) < 4.78 is 0. The topological polar surface area (TPSA) is 49.3 Å². The Balaban J connectivity index is 2.35. The molecule has 0 bridgehead atoms. The summed E-state index contributed by atoms with van der Waals surface area (Å²) in [6.45, 7) is 1.50. The van der Waals surface area contributed by atoms with Crippen molar-refractivity contribution in [1.82, 2.24) is 0 Å². The maximum Gasteiger partial charge on any atom is 0.221 e. The number of benzene rings is 1. The first-order chi connectivity index (χ1) is 7.16. The fourth-order valence-corrected chi connectivity index (χ4v) is 2.08. The molecule has 1 aliphatic carbocycles. The second kappa shape index (κ2) is 4.03. The summed E-state index contributed by atoms with van der Waals surface area (Å²) in [5.74, 6) is -0.0662. The second-order valence-electron chi connectivity index (χ2n) is 4.02. The summed E-state index contributed by atoms with van der Waals surface area (Å²) in [4.78, 5) is 11.0. The predicted molar refractivity (Wildman–Crippen MR) is 58.8 cm³/mol. The van der Waals surface area contributed by atoms with Crippen molar-refractivity contribution in [3.05, 3.63) is 29.3 Å². The van der Waals surface area contributed by atoms with Crippen molar-refractivity contribution in [3.63, 3.8) is 0 Å². The molecule has 15 heavy (non-hydrogen) atoms. The van der Waals surface area contributed by atoms with Crippen LogP contribution in [0.25, 0.3) is 0 Å². The zero-order chi connectivity index (χ0) is 10.8. The summed E-state index contributed by atoms with van der Waals surface area (Å²) in [6, 6.07) is 5.90. The third kappa shape index (κ3) is 2.18. The van der Waals surface area contributed by atoms with Crippen LogP contribution < -0.4 is 5.32 Å². The van der Waals surface area contributed by atoms with E-state index in [2.05, 4.69) is 11.4 Å². The van der Waals surface area contributed by atoms with Gasteiger partial charge in [0.2, 0.25) is 5.91 Å². The molecule has 0 aliphatic heterocycles. The molecule has 0 radical (unpaired) electrons. The van der Waals surface area contributed by atoms with Crippen LogP contribution in [0.4, 0.5) is 5.69 Å². The lowest BCUT2D eigenvalue weighted by molar-refractivity contribution is -0.114. The van der Waals surface area contributed by atoms with Crippen molar-refractivity contribution in [2.24, 2.45) is 0 Å². The number of hydrogen-bond donors (Lipinski definition) is 2. The number of aliphatic hydroxyl groups is 1. The Morgan fingerprint density at radius 1 is 1.53 bits per heavy atom. The molecule has 2 rings (SSSR count). The summed E-state index contributed by atoms with van der Waals surface area (Å²) in [6.07, 6.45) is 2.08. The quantitative estimate of drug-likeness (QED) is 0.729. The Labute approximate surface area is 89.1 Å². The highest BCUT2D eigenvalue weighted by Crippen LogP contribution is 2.27. The van der Waals surface area contributed by atoms with E-state index in [1.54, 1.807) is 0 Å². The van der Waals surface area contributed by atoms with Gasteiger partial charge in [-0.15, -0.1) is 0 Å². The van der Waals surface area contributed by atoms with Crippen LogP contribution in [-0.2, 0) is 17.6 Å². The summed E-state index contributed by atoms with van der Waals surface area (Å²) in [5, 5.41) is 12.4. The second-order valence-corrected chi connectivity index (χ2v) is 4.02. The monoisotopic (exact) mass is 205 g/mol. The number of hydrogen-bond acceptors (Lipinski definition) is 2. The molecule has 0 fully saturated rings. The molecule has 1 aromatic carbocycles. The Hall–Kier alpha value is -1.35. The van der Waals surface area contributed by atoms with Crippen LogP contribution in [0.2, 0.25) is 0 Å². The van der Waals surface area contributed by atoms with Crippen molar-refractivity contribution in [2.45, 2.75) is 32.3 Å². The van der Waals surface area contributed by atoms with Gasteiger partial charge >= 0.3 is 0 Å². The number of anilines is 1.